The average Bonchev–Trinajstić information content (AvgIpc) is 3.23. The van der Waals surface area contributed by atoms with E-state index in [0.717, 1.165) is 10.9 Å². The predicted octanol–water partition coefficient (Wildman–Crippen LogP) is 3.01. The van der Waals surface area contributed by atoms with Crippen LogP contribution in [0.3, 0.4) is 0 Å². The zero-order chi connectivity index (χ0) is 23.1. The molecular weight excluding hydrogens is 474 g/mol. The van der Waals surface area contributed by atoms with Gasteiger partial charge in [0, 0.05) is 49.6 Å². The Hall–Kier alpha value is -2.78. The van der Waals surface area contributed by atoms with E-state index in [1.54, 1.807) is 43.6 Å². The van der Waals surface area contributed by atoms with Gasteiger partial charge in [-0.3, -0.25) is 9.59 Å². The Morgan fingerprint density at radius 3 is 2.75 bits per heavy atom. The molecule has 1 aliphatic rings. The first-order valence-electron chi connectivity index (χ1n) is 10.4. The van der Waals surface area contributed by atoms with E-state index in [-0.39, 0.29) is 11.8 Å². The molecule has 1 saturated heterocycles. The largest absolute Gasteiger partial charge is 0.480 e. The summed E-state index contributed by atoms with van der Waals surface area (Å²) in [6, 6.07) is 7.00. The number of halogens is 1. The van der Waals surface area contributed by atoms with Gasteiger partial charge in [-0.15, -0.1) is 0 Å². The van der Waals surface area contributed by atoms with Gasteiger partial charge in [-0.05, 0) is 66.6 Å². The second-order valence-corrected chi connectivity index (χ2v) is 8.84. The molecule has 1 aromatic carbocycles. The number of hydrogen-bond donors (Lipinski definition) is 1. The van der Waals surface area contributed by atoms with Gasteiger partial charge in [0.2, 0.25) is 11.8 Å². The van der Waals surface area contributed by atoms with Crippen LogP contribution in [0.1, 0.15) is 22.6 Å². The maximum Gasteiger partial charge on any atom is 0.253 e. The first-order chi connectivity index (χ1) is 15.4. The summed E-state index contributed by atoms with van der Waals surface area (Å²) in [4.78, 5) is 37.4. The zero-order valence-corrected chi connectivity index (χ0v) is 20.1. The highest BCUT2D eigenvalue weighted by Crippen LogP contribution is 2.25. The van der Waals surface area contributed by atoms with Crippen LogP contribution in [0.4, 0.5) is 5.69 Å². The van der Waals surface area contributed by atoms with Gasteiger partial charge in [0.1, 0.15) is 5.82 Å². The topological polar surface area (TPSA) is 87.7 Å². The molecule has 0 unspecified atom stereocenters. The third-order valence-electron chi connectivity index (χ3n) is 5.14. The highest BCUT2D eigenvalue weighted by atomic mass is 79.9. The Bertz CT molecular complexity index is 978. The van der Waals surface area contributed by atoms with Crippen LogP contribution >= 0.6 is 15.9 Å². The lowest BCUT2D eigenvalue weighted by atomic mass is 10.0. The molecule has 1 N–H and O–H groups in total. The van der Waals surface area contributed by atoms with Crippen molar-refractivity contribution in [3.8, 4) is 5.88 Å². The molecule has 0 bridgehead atoms. The minimum Gasteiger partial charge on any atom is -0.480 e. The molecule has 2 aromatic rings. The normalized spacial score (nSPS) is 16.0. The number of hydrogen-bond acceptors (Lipinski definition) is 6. The van der Waals surface area contributed by atoms with Crippen molar-refractivity contribution >= 4 is 33.4 Å². The monoisotopic (exact) mass is 501 g/mol. The minimum absolute atomic E-state index is 0.00874. The maximum absolute atomic E-state index is 12.9. The summed E-state index contributed by atoms with van der Waals surface area (Å²) in [7, 11) is 5.45. The second-order valence-electron chi connectivity index (χ2n) is 7.98. The van der Waals surface area contributed by atoms with Gasteiger partial charge in [-0.25, -0.2) is 4.98 Å². The van der Waals surface area contributed by atoms with E-state index >= 15 is 0 Å². The number of nitrogens with zero attached hydrogens (tertiary/aromatic N) is 4. The SMILES string of the molecule is COc1nc(C[C@@H]2CCN(C(=O)c3ccc(NC(=O)/C=C/CN(C)C)cc3)C2)ncc1Br. The molecule has 1 aliphatic heterocycles. The third-order valence-corrected chi connectivity index (χ3v) is 5.68. The summed E-state index contributed by atoms with van der Waals surface area (Å²) in [5, 5.41) is 2.80. The maximum atomic E-state index is 12.9. The number of aromatic nitrogens is 2. The van der Waals surface area contributed by atoms with Crippen molar-refractivity contribution in [2.24, 2.45) is 5.92 Å². The summed E-state index contributed by atoms with van der Waals surface area (Å²) >= 11 is 3.36. The summed E-state index contributed by atoms with van der Waals surface area (Å²) < 4.78 is 5.95. The van der Waals surface area contributed by atoms with Crippen molar-refractivity contribution in [3.05, 3.63) is 58.5 Å². The lowest BCUT2D eigenvalue weighted by Gasteiger charge is -2.17. The number of nitrogens with one attached hydrogen (secondary N) is 1. The van der Waals surface area contributed by atoms with Crippen LogP contribution in [0.5, 0.6) is 5.88 Å². The molecule has 8 nitrogen and oxygen atoms in total. The molecule has 1 aromatic heterocycles. The molecule has 1 atom stereocenters. The molecule has 3 rings (SSSR count). The van der Waals surface area contributed by atoms with E-state index in [1.807, 2.05) is 23.9 Å². The van der Waals surface area contributed by atoms with E-state index in [4.69, 9.17) is 4.74 Å². The van der Waals surface area contributed by atoms with Gasteiger partial charge in [0.25, 0.3) is 5.91 Å². The molecular formula is C23H28BrN5O3. The summed E-state index contributed by atoms with van der Waals surface area (Å²) in [6.07, 6.45) is 6.60. The van der Waals surface area contributed by atoms with Gasteiger partial charge in [-0.1, -0.05) is 6.08 Å². The Kier molecular flexibility index (Phi) is 8.35. The second kappa shape index (κ2) is 11.2. The summed E-state index contributed by atoms with van der Waals surface area (Å²) in [6.45, 7) is 2.06. The Labute approximate surface area is 196 Å². The molecule has 0 saturated carbocycles. The number of carbonyl (C=O) groups excluding carboxylic acids is 2. The molecule has 2 heterocycles. The van der Waals surface area contributed by atoms with Crippen LogP contribution in [-0.4, -0.2) is 72.4 Å². The molecule has 9 heteroatoms. The molecule has 32 heavy (non-hydrogen) atoms. The van der Waals surface area contributed by atoms with Crippen molar-refractivity contribution in [3.63, 3.8) is 0 Å². The van der Waals surface area contributed by atoms with Crippen molar-refractivity contribution in [2.75, 3.05) is 46.2 Å². The lowest BCUT2D eigenvalue weighted by molar-refractivity contribution is -0.111. The van der Waals surface area contributed by atoms with Gasteiger partial charge in [0.15, 0.2) is 0 Å². The number of carbonyl (C=O) groups is 2. The van der Waals surface area contributed by atoms with Crippen LogP contribution in [0, 0.1) is 5.92 Å². The average molecular weight is 502 g/mol. The van der Waals surface area contributed by atoms with Crippen LogP contribution in [0.25, 0.3) is 0 Å². The number of anilines is 1. The van der Waals surface area contributed by atoms with E-state index in [2.05, 4.69) is 31.2 Å². The fourth-order valence-electron chi connectivity index (χ4n) is 3.50. The van der Waals surface area contributed by atoms with Gasteiger partial charge < -0.3 is 19.9 Å². The smallest absolute Gasteiger partial charge is 0.253 e. The first-order valence-corrected chi connectivity index (χ1v) is 11.2. The molecule has 2 amide bonds. The Balaban J connectivity index is 1.53. The van der Waals surface area contributed by atoms with E-state index in [9.17, 15) is 9.59 Å². The van der Waals surface area contributed by atoms with Crippen molar-refractivity contribution in [1.29, 1.82) is 0 Å². The van der Waals surface area contributed by atoms with Gasteiger partial charge in [0.05, 0.1) is 11.6 Å². The van der Waals surface area contributed by atoms with Crippen molar-refractivity contribution in [1.82, 2.24) is 19.8 Å². The lowest BCUT2D eigenvalue weighted by Crippen LogP contribution is -2.29. The number of likely N-dealkylation sites (N-methyl/N-ethyl adjacent to an activating group) is 1. The Morgan fingerprint density at radius 1 is 1.31 bits per heavy atom. The number of ether oxygens (including phenoxy) is 1. The number of likely N-dealkylation sites (tertiary alicyclic amines) is 1. The quantitative estimate of drug-likeness (QED) is 0.559. The van der Waals surface area contributed by atoms with Crippen molar-refractivity contribution in [2.45, 2.75) is 12.8 Å². The molecule has 170 valence electrons. The summed E-state index contributed by atoms with van der Waals surface area (Å²) in [5.41, 5.74) is 1.26. The standard InChI is InChI=1S/C23H28BrN5O3/c1-28(2)11-4-5-21(30)26-18-8-6-17(7-9-18)23(31)29-12-10-16(15-29)13-20-25-14-19(24)22(27-20)32-3/h4-9,14,16H,10-13,15H2,1-3H3,(H,26,30)/b5-4+/t16-/m0/s1. The van der Waals surface area contributed by atoms with E-state index in [0.29, 0.717) is 54.9 Å². The minimum atomic E-state index is -0.194. The van der Waals surface area contributed by atoms with Crippen LogP contribution in [-0.2, 0) is 11.2 Å². The van der Waals surface area contributed by atoms with Gasteiger partial charge in [-0.2, -0.15) is 4.98 Å². The number of rotatable bonds is 8. The molecule has 0 radical (unpaired) electrons. The van der Waals surface area contributed by atoms with Crippen LogP contribution < -0.4 is 10.1 Å². The molecule has 1 fully saturated rings. The van der Waals surface area contributed by atoms with Crippen LogP contribution in [0.2, 0.25) is 0 Å². The third kappa shape index (κ3) is 6.61. The van der Waals surface area contributed by atoms with Crippen molar-refractivity contribution < 1.29 is 14.3 Å². The van der Waals surface area contributed by atoms with E-state index < -0.39 is 0 Å². The summed E-state index contributed by atoms with van der Waals surface area (Å²) in [5.74, 6) is 1.33. The number of benzene rings is 1. The molecule has 0 aliphatic carbocycles. The number of methoxy groups -OCH3 is 1. The highest BCUT2D eigenvalue weighted by molar-refractivity contribution is 9.10. The highest BCUT2D eigenvalue weighted by Gasteiger charge is 2.28. The fourth-order valence-corrected chi connectivity index (χ4v) is 3.86. The fraction of sp³-hybridized carbons (Fsp3) is 0.391. The van der Waals surface area contributed by atoms with Gasteiger partial charge >= 0.3 is 0 Å². The number of amides is 2. The molecule has 0 spiro atoms. The van der Waals surface area contributed by atoms with Crippen LogP contribution in [0.15, 0.2) is 47.1 Å². The van der Waals surface area contributed by atoms with E-state index in [1.165, 1.54) is 6.08 Å². The zero-order valence-electron chi connectivity index (χ0n) is 18.5. The Morgan fingerprint density at radius 2 is 2.06 bits per heavy atom. The predicted molar refractivity (Wildman–Crippen MR) is 127 cm³/mol. The first kappa shape index (κ1) is 23.9.